The predicted molar refractivity (Wildman–Crippen MR) is 73.5 cm³/mol. The summed E-state index contributed by atoms with van der Waals surface area (Å²) < 4.78 is 90.4. The zero-order chi connectivity index (χ0) is 17.8. The van der Waals surface area contributed by atoms with Crippen molar-refractivity contribution >= 4 is 20.4 Å². The number of sulfonamides is 1. The predicted octanol–water partition coefficient (Wildman–Crippen LogP) is 1.29. The van der Waals surface area contributed by atoms with Gasteiger partial charge in [-0.3, -0.25) is 0 Å². The smallest absolute Gasteiger partial charge is 0.306 e. The highest BCUT2D eigenvalue weighted by Crippen LogP contribution is 2.29. The Hall–Kier alpha value is -0.720. The lowest BCUT2D eigenvalue weighted by molar-refractivity contribution is -0.121. The number of hydrogen-bond donors (Lipinski definition) is 0. The Kier molecular flexibility index (Phi) is 7.45. The monoisotopic (exact) mass is 370 g/mol. The Labute approximate surface area is 127 Å². The highest BCUT2D eigenvalue weighted by atomic mass is 32.3. The van der Waals surface area contributed by atoms with Gasteiger partial charge in [-0.25, -0.2) is 8.42 Å². The standard InChI is InChI=1S/C5H7F4NO4S2.C5H11N/c1-3-4(5(6,7)8)15(11,12)10(2)16(9,13)14;1-6-4-2-3-5-6/h3-4H,1H2,2H3;2-5H2,1H3. The Morgan fingerprint density at radius 3 is 1.77 bits per heavy atom. The van der Waals surface area contributed by atoms with Crippen molar-refractivity contribution in [2.45, 2.75) is 24.3 Å². The van der Waals surface area contributed by atoms with Crippen LogP contribution in [0.25, 0.3) is 0 Å². The molecule has 0 radical (unpaired) electrons. The van der Waals surface area contributed by atoms with Gasteiger partial charge in [-0.05, 0) is 33.0 Å². The van der Waals surface area contributed by atoms with Crippen LogP contribution in [-0.4, -0.2) is 64.1 Å². The molecule has 132 valence electrons. The Morgan fingerprint density at radius 2 is 1.59 bits per heavy atom. The van der Waals surface area contributed by atoms with Gasteiger partial charge >= 0.3 is 16.6 Å². The van der Waals surface area contributed by atoms with Crippen LogP contribution in [0.3, 0.4) is 0 Å². The topological polar surface area (TPSA) is 74.8 Å². The lowest BCUT2D eigenvalue weighted by Gasteiger charge is -2.20. The first kappa shape index (κ1) is 21.3. The first-order valence-electron chi connectivity index (χ1n) is 6.05. The minimum Gasteiger partial charge on any atom is -0.306 e. The van der Waals surface area contributed by atoms with Gasteiger partial charge in [0.1, 0.15) is 0 Å². The van der Waals surface area contributed by atoms with Crippen LogP contribution in [0, 0.1) is 0 Å². The van der Waals surface area contributed by atoms with E-state index in [1.165, 1.54) is 25.9 Å². The van der Waals surface area contributed by atoms with Crippen LogP contribution in [0.4, 0.5) is 17.1 Å². The molecule has 1 atom stereocenters. The Bertz CT molecular complexity index is 568. The third-order valence-electron chi connectivity index (χ3n) is 2.85. The number of nitrogens with zero attached hydrogens (tertiary/aromatic N) is 2. The summed E-state index contributed by atoms with van der Waals surface area (Å²) >= 11 is 0. The molecule has 0 aromatic carbocycles. The van der Waals surface area contributed by atoms with Gasteiger partial charge in [0.15, 0.2) is 5.25 Å². The molecule has 22 heavy (non-hydrogen) atoms. The van der Waals surface area contributed by atoms with Gasteiger partial charge in [0, 0.05) is 7.05 Å². The quantitative estimate of drug-likeness (QED) is 0.424. The zero-order valence-corrected chi connectivity index (χ0v) is 13.7. The van der Waals surface area contributed by atoms with Crippen LogP contribution < -0.4 is 0 Å². The van der Waals surface area contributed by atoms with E-state index in [1.54, 1.807) is 0 Å². The van der Waals surface area contributed by atoms with Crippen molar-refractivity contribution in [1.82, 2.24) is 8.61 Å². The number of hydrogen-bond acceptors (Lipinski definition) is 5. The average Bonchev–Trinajstić information content (AvgIpc) is 2.77. The molecule has 0 aliphatic carbocycles. The molecular formula is C10H18F4N2O4S2. The second-order valence-electron chi connectivity index (χ2n) is 4.58. The third kappa shape index (κ3) is 6.18. The molecule has 1 aliphatic rings. The van der Waals surface area contributed by atoms with E-state index in [4.69, 9.17) is 0 Å². The van der Waals surface area contributed by atoms with E-state index >= 15 is 0 Å². The van der Waals surface area contributed by atoms with Crippen molar-refractivity contribution in [2.24, 2.45) is 0 Å². The minimum absolute atomic E-state index is 0.0307. The molecule has 12 heteroatoms. The second kappa shape index (κ2) is 7.70. The van der Waals surface area contributed by atoms with Crippen LogP contribution in [0.15, 0.2) is 12.7 Å². The molecule has 1 heterocycles. The van der Waals surface area contributed by atoms with Gasteiger partial charge in [-0.2, -0.15) is 21.6 Å². The Morgan fingerprint density at radius 1 is 1.18 bits per heavy atom. The number of rotatable bonds is 4. The molecule has 0 spiro atoms. The van der Waals surface area contributed by atoms with E-state index in [0.717, 1.165) is 0 Å². The summed E-state index contributed by atoms with van der Waals surface area (Å²) in [6.45, 7) is 5.25. The maximum atomic E-state index is 12.3. The van der Waals surface area contributed by atoms with Gasteiger partial charge in [-0.1, -0.05) is 13.7 Å². The first-order valence-corrected chi connectivity index (χ1v) is 8.89. The second-order valence-corrected chi connectivity index (χ2v) is 8.26. The minimum atomic E-state index is -5.78. The number of alkyl halides is 3. The van der Waals surface area contributed by atoms with E-state index < -0.39 is 35.6 Å². The van der Waals surface area contributed by atoms with Gasteiger partial charge in [-0.15, -0.1) is 6.58 Å². The largest absolute Gasteiger partial charge is 0.410 e. The summed E-state index contributed by atoms with van der Waals surface area (Å²) in [6, 6.07) is 0. The maximum absolute atomic E-state index is 12.3. The third-order valence-corrected chi connectivity index (χ3v) is 6.44. The lowest BCUT2D eigenvalue weighted by atomic mass is 10.4. The molecule has 0 aromatic heterocycles. The molecule has 1 saturated heterocycles. The van der Waals surface area contributed by atoms with E-state index in [2.05, 4.69) is 18.5 Å². The van der Waals surface area contributed by atoms with Crippen molar-refractivity contribution in [3.05, 3.63) is 12.7 Å². The summed E-state index contributed by atoms with van der Waals surface area (Å²) in [6.07, 6.45) is -2.48. The van der Waals surface area contributed by atoms with Crippen molar-refractivity contribution in [1.29, 1.82) is 0 Å². The van der Waals surface area contributed by atoms with E-state index in [-0.39, 0.29) is 13.1 Å². The van der Waals surface area contributed by atoms with Crippen LogP contribution in [0.5, 0.6) is 0 Å². The summed E-state index contributed by atoms with van der Waals surface area (Å²) in [5, 5.41) is -3.18. The van der Waals surface area contributed by atoms with Crippen LogP contribution in [0.2, 0.25) is 0 Å². The fraction of sp³-hybridized carbons (Fsp3) is 0.800. The van der Waals surface area contributed by atoms with E-state index in [0.29, 0.717) is 0 Å². The molecule has 0 N–H and O–H groups in total. The molecule has 6 nitrogen and oxygen atoms in total. The van der Waals surface area contributed by atoms with Crippen molar-refractivity contribution in [2.75, 3.05) is 27.2 Å². The first-order chi connectivity index (χ1) is 9.74. The fourth-order valence-electron chi connectivity index (χ4n) is 1.58. The summed E-state index contributed by atoms with van der Waals surface area (Å²) in [7, 11) is -8.88. The summed E-state index contributed by atoms with van der Waals surface area (Å²) in [5.41, 5.74) is 0. The molecule has 0 bridgehead atoms. The SMILES string of the molecule is C=CC(C(F)(F)F)S(=O)(=O)N(C)S(=O)(=O)F.CN1CCCC1. The van der Waals surface area contributed by atoms with Crippen LogP contribution in [-0.2, 0) is 20.4 Å². The Balaban J connectivity index is 0.000000604. The fourth-order valence-corrected chi connectivity index (χ4v) is 3.76. The van der Waals surface area contributed by atoms with Crippen LogP contribution in [0.1, 0.15) is 12.8 Å². The zero-order valence-electron chi connectivity index (χ0n) is 12.0. The molecule has 0 aromatic rings. The van der Waals surface area contributed by atoms with Crippen molar-refractivity contribution < 1.29 is 33.9 Å². The van der Waals surface area contributed by atoms with Crippen LogP contribution >= 0.6 is 0 Å². The average molecular weight is 370 g/mol. The molecule has 1 aliphatic heterocycles. The lowest BCUT2D eigenvalue weighted by Crippen LogP contribution is -2.44. The van der Waals surface area contributed by atoms with Crippen molar-refractivity contribution in [3.8, 4) is 0 Å². The molecule has 0 amide bonds. The maximum Gasteiger partial charge on any atom is 0.410 e. The highest BCUT2D eigenvalue weighted by molar-refractivity contribution is 8.02. The molecule has 1 unspecified atom stereocenters. The molecular weight excluding hydrogens is 352 g/mol. The highest BCUT2D eigenvalue weighted by Gasteiger charge is 2.50. The normalized spacial score (nSPS) is 18.7. The van der Waals surface area contributed by atoms with E-state index in [1.807, 2.05) is 0 Å². The number of likely N-dealkylation sites (tertiary alicyclic amines) is 1. The van der Waals surface area contributed by atoms with Gasteiger partial charge in [0.25, 0.3) is 0 Å². The summed E-state index contributed by atoms with van der Waals surface area (Å²) in [4.78, 5) is 2.36. The number of halogens is 4. The molecule has 1 fully saturated rings. The molecule has 0 saturated carbocycles. The molecule has 1 rings (SSSR count). The van der Waals surface area contributed by atoms with Crippen molar-refractivity contribution in [3.63, 3.8) is 0 Å². The van der Waals surface area contributed by atoms with E-state index in [9.17, 15) is 33.9 Å². The summed E-state index contributed by atoms with van der Waals surface area (Å²) in [5.74, 6) is 0. The van der Waals surface area contributed by atoms with Gasteiger partial charge in [0.05, 0.1) is 0 Å². The van der Waals surface area contributed by atoms with Gasteiger partial charge in [0.2, 0.25) is 10.0 Å². The van der Waals surface area contributed by atoms with Gasteiger partial charge < -0.3 is 4.90 Å².